The van der Waals surface area contributed by atoms with Crippen molar-refractivity contribution in [3.8, 4) is 11.5 Å². The molecule has 0 bridgehead atoms. The number of carbonyl (C=O) groups excluding carboxylic acids is 2. The van der Waals surface area contributed by atoms with Gasteiger partial charge in [0.15, 0.2) is 17.3 Å². The zero-order valence-corrected chi connectivity index (χ0v) is 23.1. The number of carbonyl (C=O) groups is 2. The number of hydrogen-bond donors (Lipinski definition) is 1. The highest BCUT2D eigenvalue weighted by Gasteiger charge is 2.42. The summed E-state index contributed by atoms with van der Waals surface area (Å²) < 4.78 is 16.3. The maximum atomic E-state index is 13.8. The highest BCUT2D eigenvalue weighted by atomic mass is 35.5. The van der Waals surface area contributed by atoms with Gasteiger partial charge in [-0.2, -0.15) is 0 Å². The van der Waals surface area contributed by atoms with Crippen LogP contribution in [-0.4, -0.2) is 37.5 Å². The Bertz CT molecular complexity index is 1380. The summed E-state index contributed by atoms with van der Waals surface area (Å²) in [5.41, 5.74) is 2.95. The van der Waals surface area contributed by atoms with Gasteiger partial charge in [0.25, 0.3) is 5.69 Å². The van der Waals surface area contributed by atoms with Gasteiger partial charge in [0.05, 0.1) is 31.3 Å². The minimum atomic E-state index is -0.829. The number of nitrogens with zero attached hydrogens (tertiary/aromatic N) is 1. The maximum Gasteiger partial charge on any atom is 0.336 e. The maximum absolute atomic E-state index is 13.8. The fraction of sp³-hybridized carbons (Fsp3) is 0.379. The van der Waals surface area contributed by atoms with Crippen LogP contribution in [0.3, 0.4) is 0 Å². The summed E-state index contributed by atoms with van der Waals surface area (Å²) in [5, 5.41) is 14.9. The number of methoxy groups -OCH3 is 2. The Hall–Kier alpha value is -3.85. The molecular weight excluding hydrogens is 524 g/mol. The molecule has 0 saturated carbocycles. The molecule has 9 nitrogen and oxygen atoms in total. The molecule has 39 heavy (non-hydrogen) atoms. The first kappa shape index (κ1) is 28.2. The highest BCUT2D eigenvalue weighted by Crippen LogP contribution is 2.47. The molecule has 2 atom stereocenters. The third-order valence-electron chi connectivity index (χ3n) is 7.16. The quantitative estimate of drug-likeness (QED) is 0.174. The summed E-state index contributed by atoms with van der Waals surface area (Å²) in [6, 6.07) is 9.96. The molecule has 0 unspecified atom stereocenters. The monoisotopic (exact) mass is 554 g/mol. The van der Waals surface area contributed by atoms with Crippen molar-refractivity contribution >= 4 is 29.0 Å². The zero-order valence-electron chi connectivity index (χ0n) is 22.3. The van der Waals surface area contributed by atoms with Gasteiger partial charge in [-0.25, -0.2) is 4.79 Å². The number of nitro benzene ring substituents is 1. The molecule has 1 aliphatic heterocycles. The van der Waals surface area contributed by atoms with Crippen molar-refractivity contribution in [3.63, 3.8) is 0 Å². The third-order valence-corrected chi connectivity index (χ3v) is 7.48. The lowest BCUT2D eigenvalue weighted by atomic mass is 9.71. The van der Waals surface area contributed by atoms with Crippen LogP contribution in [0.25, 0.3) is 0 Å². The van der Waals surface area contributed by atoms with E-state index in [2.05, 4.69) is 5.32 Å². The molecule has 206 valence electrons. The van der Waals surface area contributed by atoms with Crippen LogP contribution in [0.1, 0.15) is 62.5 Å². The van der Waals surface area contributed by atoms with Gasteiger partial charge in [0.1, 0.15) is 5.02 Å². The number of allylic oxidation sites excluding steroid dienone is 3. The molecule has 0 aromatic heterocycles. The van der Waals surface area contributed by atoms with E-state index in [1.54, 1.807) is 27.2 Å². The lowest BCUT2D eigenvalue weighted by Gasteiger charge is -2.36. The van der Waals surface area contributed by atoms with Gasteiger partial charge in [-0.05, 0) is 55.0 Å². The Labute approximate surface area is 231 Å². The average molecular weight is 555 g/mol. The number of halogens is 1. The minimum Gasteiger partial charge on any atom is -0.493 e. The molecule has 0 spiro atoms. The number of ketones is 1. The second-order valence-corrected chi connectivity index (χ2v) is 10.00. The van der Waals surface area contributed by atoms with E-state index in [0.29, 0.717) is 46.9 Å². The van der Waals surface area contributed by atoms with Crippen LogP contribution < -0.4 is 14.8 Å². The van der Waals surface area contributed by atoms with Gasteiger partial charge in [-0.15, -0.1) is 0 Å². The molecule has 2 aromatic rings. The topological polar surface area (TPSA) is 117 Å². The second kappa shape index (κ2) is 11.9. The van der Waals surface area contributed by atoms with Crippen molar-refractivity contribution in [1.29, 1.82) is 0 Å². The number of unbranched alkanes of at least 4 members (excludes halogenated alkanes) is 1. The summed E-state index contributed by atoms with van der Waals surface area (Å²) in [4.78, 5) is 38.2. The predicted octanol–water partition coefficient (Wildman–Crippen LogP) is 5.97. The largest absolute Gasteiger partial charge is 0.493 e. The first-order chi connectivity index (χ1) is 18.7. The van der Waals surface area contributed by atoms with Crippen LogP contribution in [-0.2, 0) is 14.3 Å². The molecule has 0 fully saturated rings. The number of dihydropyridines is 1. The van der Waals surface area contributed by atoms with Gasteiger partial charge in [0, 0.05) is 35.4 Å². The van der Waals surface area contributed by atoms with Gasteiger partial charge in [0.2, 0.25) is 0 Å². The number of Topliss-reactive ketones (excluding diaryl/α,β-unsaturated/α-hetero) is 1. The SMILES string of the molecule is CCCCOC(=O)C1=C(C)NC2=C(C(=O)C[C@@H](c3ccc(OC)c(OC)c3)C2)[C@@H]1c1ccc(Cl)c([N+](=O)[O-])c1. The molecule has 0 saturated heterocycles. The number of ether oxygens (including phenoxy) is 3. The second-order valence-electron chi connectivity index (χ2n) is 9.59. The van der Waals surface area contributed by atoms with Gasteiger partial charge >= 0.3 is 5.97 Å². The van der Waals surface area contributed by atoms with Gasteiger partial charge in [-0.3, -0.25) is 14.9 Å². The minimum absolute atomic E-state index is 0.0249. The van der Waals surface area contributed by atoms with Crippen LogP contribution in [0.5, 0.6) is 11.5 Å². The standard InChI is InChI=1S/C29H31ClN2O7/c1-5-6-11-39-29(34)26-16(2)31-21-12-19(17-8-10-24(37-3)25(15-17)38-4)14-23(33)28(21)27(26)18-7-9-20(30)22(13-18)32(35)36/h7-10,13,15,19,27,31H,5-6,11-12,14H2,1-4H3/t19-,27+/m0/s1. The van der Waals surface area contributed by atoms with E-state index in [4.69, 9.17) is 25.8 Å². The number of nitrogens with one attached hydrogen (secondary N) is 1. The van der Waals surface area contributed by atoms with Crippen molar-refractivity contribution < 1.29 is 28.7 Å². The molecular formula is C29H31ClN2O7. The van der Waals surface area contributed by atoms with E-state index in [0.717, 1.165) is 12.0 Å². The molecule has 0 amide bonds. The van der Waals surface area contributed by atoms with Crippen LogP contribution in [0.2, 0.25) is 5.02 Å². The smallest absolute Gasteiger partial charge is 0.336 e. The fourth-order valence-electron chi connectivity index (χ4n) is 5.22. The summed E-state index contributed by atoms with van der Waals surface area (Å²) in [6.07, 6.45) is 2.24. The van der Waals surface area contributed by atoms with Crippen molar-refractivity contribution in [2.24, 2.45) is 0 Å². The van der Waals surface area contributed by atoms with Crippen molar-refractivity contribution in [3.05, 3.63) is 85.2 Å². The summed E-state index contributed by atoms with van der Waals surface area (Å²) in [7, 11) is 3.12. The molecule has 0 radical (unpaired) electrons. The van der Waals surface area contributed by atoms with E-state index in [1.807, 2.05) is 25.1 Å². The van der Waals surface area contributed by atoms with Crippen LogP contribution in [0.4, 0.5) is 5.69 Å². The number of esters is 1. The Morgan fingerprint density at radius 1 is 1.10 bits per heavy atom. The Morgan fingerprint density at radius 3 is 2.49 bits per heavy atom. The predicted molar refractivity (Wildman–Crippen MR) is 146 cm³/mol. The Morgan fingerprint density at radius 2 is 1.82 bits per heavy atom. The van der Waals surface area contributed by atoms with E-state index in [-0.39, 0.29) is 41.0 Å². The zero-order chi connectivity index (χ0) is 28.3. The first-order valence-electron chi connectivity index (χ1n) is 12.8. The third kappa shape index (κ3) is 5.63. The van der Waals surface area contributed by atoms with E-state index in [9.17, 15) is 19.7 Å². The van der Waals surface area contributed by atoms with E-state index >= 15 is 0 Å². The molecule has 2 aromatic carbocycles. The van der Waals surface area contributed by atoms with E-state index < -0.39 is 16.8 Å². The molecule has 2 aliphatic rings. The highest BCUT2D eigenvalue weighted by molar-refractivity contribution is 6.32. The van der Waals surface area contributed by atoms with Gasteiger partial charge < -0.3 is 19.5 Å². The number of rotatable bonds is 9. The Kier molecular flexibility index (Phi) is 8.60. The number of benzene rings is 2. The Balaban J connectivity index is 1.79. The molecule has 1 heterocycles. The van der Waals surface area contributed by atoms with Crippen LogP contribution in [0, 0.1) is 10.1 Å². The molecule has 10 heteroatoms. The van der Waals surface area contributed by atoms with Gasteiger partial charge in [-0.1, -0.05) is 37.1 Å². The summed E-state index contributed by atoms with van der Waals surface area (Å²) in [5.74, 6) is -0.526. The van der Waals surface area contributed by atoms with Crippen molar-refractivity contribution in [2.45, 2.75) is 51.4 Å². The summed E-state index contributed by atoms with van der Waals surface area (Å²) >= 11 is 6.09. The normalized spacial score (nSPS) is 18.8. The van der Waals surface area contributed by atoms with Crippen molar-refractivity contribution in [2.75, 3.05) is 20.8 Å². The van der Waals surface area contributed by atoms with Crippen LogP contribution >= 0.6 is 11.6 Å². The molecule has 1 aliphatic carbocycles. The summed E-state index contributed by atoms with van der Waals surface area (Å²) in [6.45, 7) is 3.98. The lowest BCUT2D eigenvalue weighted by Crippen LogP contribution is -2.36. The first-order valence-corrected chi connectivity index (χ1v) is 13.1. The van der Waals surface area contributed by atoms with E-state index in [1.165, 1.54) is 12.1 Å². The molecule has 4 rings (SSSR count). The molecule has 1 N–H and O–H groups in total. The number of hydrogen-bond acceptors (Lipinski definition) is 8. The number of nitro groups is 1. The van der Waals surface area contributed by atoms with Crippen LogP contribution in [0.15, 0.2) is 58.9 Å². The van der Waals surface area contributed by atoms with Crippen molar-refractivity contribution in [1.82, 2.24) is 5.32 Å². The lowest BCUT2D eigenvalue weighted by molar-refractivity contribution is -0.384. The fourth-order valence-corrected chi connectivity index (χ4v) is 5.41. The average Bonchev–Trinajstić information content (AvgIpc) is 2.91.